The number of amides is 1. The summed E-state index contributed by atoms with van der Waals surface area (Å²) in [6.45, 7) is 1.94. The van der Waals surface area contributed by atoms with Gasteiger partial charge in [-0.1, -0.05) is 33.6 Å². The number of benzene rings is 3. The van der Waals surface area contributed by atoms with Crippen molar-refractivity contribution in [2.75, 3.05) is 12.4 Å². The SMILES string of the molecule is COc1c(Br)cc(Br)cc1/C=C/C(=O)Nc1ccc2oc(-c3ccc(C)c(Cl)c3)nc2c1. The highest BCUT2D eigenvalue weighted by Crippen LogP contribution is 2.33. The predicted octanol–water partition coefficient (Wildman–Crippen LogP) is 7.64. The molecule has 4 aromatic rings. The number of rotatable bonds is 5. The fourth-order valence-corrected chi connectivity index (χ4v) is 4.72. The number of carbonyl (C=O) groups is 1. The number of halogens is 3. The highest BCUT2D eigenvalue weighted by Gasteiger charge is 2.11. The molecule has 0 radical (unpaired) electrons. The van der Waals surface area contributed by atoms with Crippen molar-refractivity contribution in [1.29, 1.82) is 0 Å². The van der Waals surface area contributed by atoms with Gasteiger partial charge in [-0.2, -0.15) is 0 Å². The average Bonchev–Trinajstić information content (AvgIpc) is 3.17. The van der Waals surface area contributed by atoms with E-state index in [2.05, 4.69) is 42.2 Å². The molecule has 0 aliphatic carbocycles. The molecule has 1 N–H and O–H groups in total. The second kappa shape index (κ2) is 9.48. The average molecular weight is 577 g/mol. The molecule has 1 aromatic heterocycles. The van der Waals surface area contributed by atoms with Crippen molar-refractivity contribution in [3.63, 3.8) is 0 Å². The summed E-state index contributed by atoms with van der Waals surface area (Å²) in [7, 11) is 1.58. The number of hydrogen-bond donors (Lipinski definition) is 1. The van der Waals surface area contributed by atoms with E-state index in [1.54, 1.807) is 31.4 Å². The predicted molar refractivity (Wildman–Crippen MR) is 135 cm³/mol. The fourth-order valence-electron chi connectivity index (χ4n) is 3.12. The van der Waals surface area contributed by atoms with E-state index in [0.717, 1.165) is 25.6 Å². The second-order valence-corrected chi connectivity index (χ2v) is 9.18. The van der Waals surface area contributed by atoms with E-state index in [1.165, 1.54) is 6.08 Å². The van der Waals surface area contributed by atoms with Crippen LogP contribution in [0, 0.1) is 6.92 Å². The van der Waals surface area contributed by atoms with Crippen LogP contribution < -0.4 is 10.1 Å². The normalized spacial score (nSPS) is 11.3. The van der Waals surface area contributed by atoms with Gasteiger partial charge in [-0.05, 0) is 77.0 Å². The van der Waals surface area contributed by atoms with Gasteiger partial charge in [0.15, 0.2) is 5.58 Å². The van der Waals surface area contributed by atoms with E-state index in [4.69, 9.17) is 20.8 Å². The molecule has 3 aromatic carbocycles. The number of carbonyl (C=O) groups excluding carboxylic acids is 1. The Labute approximate surface area is 206 Å². The molecule has 0 saturated carbocycles. The summed E-state index contributed by atoms with van der Waals surface area (Å²) < 4.78 is 12.9. The molecule has 32 heavy (non-hydrogen) atoms. The van der Waals surface area contributed by atoms with E-state index < -0.39 is 0 Å². The summed E-state index contributed by atoms with van der Waals surface area (Å²) in [6.07, 6.45) is 3.14. The smallest absolute Gasteiger partial charge is 0.248 e. The number of anilines is 1. The maximum atomic E-state index is 12.5. The highest BCUT2D eigenvalue weighted by atomic mass is 79.9. The number of methoxy groups -OCH3 is 1. The molecule has 0 spiro atoms. The first-order chi connectivity index (χ1) is 15.3. The van der Waals surface area contributed by atoms with Gasteiger partial charge in [-0.15, -0.1) is 0 Å². The van der Waals surface area contributed by atoms with E-state index in [1.807, 2.05) is 37.3 Å². The summed E-state index contributed by atoms with van der Waals surface area (Å²) in [5, 5.41) is 3.50. The molecule has 4 rings (SSSR count). The lowest BCUT2D eigenvalue weighted by Gasteiger charge is -2.08. The Morgan fingerprint density at radius 2 is 1.97 bits per heavy atom. The number of fused-ring (bicyclic) bond motifs is 1. The molecule has 5 nitrogen and oxygen atoms in total. The Hall–Kier alpha value is -2.61. The number of nitrogens with one attached hydrogen (secondary N) is 1. The lowest BCUT2D eigenvalue weighted by Crippen LogP contribution is -2.07. The van der Waals surface area contributed by atoms with Crippen LogP contribution in [0.5, 0.6) is 5.75 Å². The summed E-state index contributed by atoms with van der Waals surface area (Å²) >= 11 is 13.1. The molecule has 1 amide bonds. The largest absolute Gasteiger partial charge is 0.495 e. The van der Waals surface area contributed by atoms with Gasteiger partial charge in [0.1, 0.15) is 11.3 Å². The Morgan fingerprint density at radius 1 is 1.16 bits per heavy atom. The van der Waals surface area contributed by atoms with Gasteiger partial charge in [0, 0.05) is 32.4 Å². The Bertz CT molecular complexity index is 1370. The van der Waals surface area contributed by atoms with Crippen LogP contribution in [0.2, 0.25) is 5.02 Å². The topological polar surface area (TPSA) is 64.4 Å². The van der Waals surface area contributed by atoms with Crippen molar-refractivity contribution in [3.05, 3.63) is 79.7 Å². The van der Waals surface area contributed by atoms with E-state index in [-0.39, 0.29) is 5.91 Å². The van der Waals surface area contributed by atoms with Crippen LogP contribution in [0.1, 0.15) is 11.1 Å². The van der Waals surface area contributed by atoms with Gasteiger partial charge in [0.25, 0.3) is 0 Å². The molecule has 0 atom stereocenters. The quantitative estimate of drug-likeness (QED) is 0.248. The minimum atomic E-state index is -0.281. The zero-order valence-corrected chi connectivity index (χ0v) is 21.0. The molecule has 0 fully saturated rings. The zero-order valence-electron chi connectivity index (χ0n) is 17.1. The zero-order chi connectivity index (χ0) is 22.8. The Balaban J connectivity index is 1.54. The summed E-state index contributed by atoms with van der Waals surface area (Å²) in [4.78, 5) is 17.0. The van der Waals surface area contributed by atoms with E-state index in [0.29, 0.717) is 33.4 Å². The maximum absolute atomic E-state index is 12.5. The lowest BCUT2D eigenvalue weighted by molar-refractivity contribution is -0.111. The van der Waals surface area contributed by atoms with Crippen molar-refractivity contribution < 1.29 is 13.9 Å². The van der Waals surface area contributed by atoms with Gasteiger partial charge < -0.3 is 14.5 Å². The standard InChI is InChI=1S/C24H17Br2ClN2O3/c1-13-3-4-15(10-19(13)27)24-29-20-12-17(6-7-21(20)32-24)28-22(30)8-5-14-9-16(25)11-18(26)23(14)31-2/h3-12H,1-2H3,(H,28,30)/b8-5+. The number of oxazole rings is 1. The van der Waals surface area contributed by atoms with E-state index in [9.17, 15) is 4.79 Å². The van der Waals surface area contributed by atoms with Crippen molar-refractivity contribution in [3.8, 4) is 17.2 Å². The Kier molecular flexibility index (Phi) is 6.69. The number of aryl methyl sites for hydroxylation is 1. The van der Waals surface area contributed by atoms with Crippen molar-refractivity contribution in [2.24, 2.45) is 0 Å². The van der Waals surface area contributed by atoms with Crippen LogP contribution in [0.25, 0.3) is 28.6 Å². The second-order valence-electron chi connectivity index (χ2n) is 7.00. The minimum absolute atomic E-state index is 0.281. The first kappa shape index (κ1) is 22.6. The van der Waals surface area contributed by atoms with Gasteiger partial charge >= 0.3 is 0 Å². The van der Waals surface area contributed by atoms with Gasteiger partial charge in [-0.3, -0.25) is 4.79 Å². The molecular weight excluding hydrogens is 560 g/mol. The van der Waals surface area contributed by atoms with Crippen LogP contribution in [0.4, 0.5) is 5.69 Å². The van der Waals surface area contributed by atoms with Gasteiger partial charge in [0.2, 0.25) is 11.8 Å². The van der Waals surface area contributed by atoms with Crippen molar-refractivity contribution >= 4 is 72.2 Å². The van der Waals surface area contributed by atoms with Gasteiger partial charge in [0.05, 0.1) is 11.6 Å². The van der Waals surface area contributed by atoms with Crippen molar-refractivity contribution in [2.45, 2.75) is 6.92 Å². The third-order valence-corrected chi connectivity index (χ3v) is 6.18. The third kappa shape index (κ3) is 4.90. The van der Waals surface area contributed by atoms with Crippen LogP contribution in [-0.4, -0.2) is 18.0 Å². The highest BCUT2D eigenvalue weighted by molar-refractivity contribution is 9.11. The first-order valence-corrected chi connectivity index (χ1v) is 11.5. The summed E-state index contributed by atoms with van der Waals surface area (Å²) in [5.41, 5.74) is 4.40. The monoisotopic (exact) mass is 574 g/mol. The van der Waals surface area contributed by atoms with Gasteiger partial charge in [-0.25, -0.2) is 4.98 Å². The molecular formula is C24H17Br2ClN2O3. The van der Waals surface area contributed by atoms with Crippen LogP contribution in [-0.2, 0) is 4.79 Å². The van der Waals surface area contributed by atoms with Crippen LogP contribution in [0.15, 0.2) is 68.0 Å². The minimum Gasteiger partial charge on any atom is -0.495 e. The van der Waals surface area contributed by atoms with Crippen LogP contribution >= 0.6 is 43.5 Å². The number of ether oxygens (including phenoxy) is 1. The summed E-state index contributed by atoms with van der Waals surface area (Å²) in [6, 6.07) is 14.7. The Morgan fingerprint density at radius 3 is 2.72 bits per heavy atom. The molecule has 0 bridgehead atoms. The molecule has 0 unspecified atom stereocenters. The van der Waals surface area contributed by atoms with Crippen molar-refractivity contribution in [1.82, 2.24) is 4.98 Å². The third-order valence-electron chi connectivity index (χ3n) is 4.73. The molecule has 1 heterocycles. The number of nitrogens with zero attached hydrogens (tertiary/aromatic N) is 1. The lowest BCUT2D eigenvalue weighted by atomic mass is 10.1. The maximum Gasteiger partial charge on any atom is 0.248 e. The molecule has 162 valence electrons. The molecule has 0 saturated heterocycles. The molecule has 0 aliphatic rings. The summed E-state index contributed by atoms with van der Waals surface area (Å²) in [5.74, 6) is 0.833. The van der Waals surface area contributed by atoms with Crippen LogP contribution in [0.3, 0.4) is 0 Å². The molecule has 8 heteroatoms. The first-order valence-electron chi connectivity index (χ1n) is 9.53. The number of hydrogen-bond acceptors (Lipinski definition) is 4. The fraction of sp³-hybridized carbons (Fsp3) is 0.0833. The van der Waals surface area contributed by atoms with E-state index >= 15 is 0 Å². The molecule has 0 aliphatic heterocycles. The number of aromatic nitrogens is 1.